The molecule has 6 heteroatoms. The van der Waals surface area contributed by atoms with Crippen molar-refractivity contribution in [2.24, 2.45) is 5.10 Å². The first-order valence-electron chi connectivity index (χ1n) is 5.68. The van der Waals surface area contributed by atoms with Crippen molar-refractivity contribution in [2.75, 3.05) is 18.6 Å². The molecule has 0 heterocycles. The number of benzene rings is 1. The van der Waals surface area contributed by atoms with Crippen LogP contribution in [0.2, 0.25) is 0 Å². The van der Waals surface area contributed by atoms with Crippen molar-refractivity contribution in [3.05, 3.63) is 36.9 Å². The van der Waals surface area contributed by atoms with Gasteiger partial charge in [-0.25, -0.2) is 4.79 Å². The SMILES string of the molecule is C=CCOc1ccccc1N/N=C(\Cl)C(=O)OCC. The van der Waals surface area contributed by atoms with E-state index in [4.69, 9.17) is 21.1 Å². The average molecular weight is 283 g/mol. The summed E-state index contributed by atoms with van der Waals surface area (Å²) in [6, 6.07) is 7.13. The van der Waals surface area contributed by atoms with E-state index in [0.717, 1.165) is 0 Å². The maximum absolute atomic E-state index is 11.3. The first-order valence-corrected chi connectivity index (χ1v) is 6.05. The molecule has 5 nitrogen and oxygen atoms in total. The monoisotopic (exact) mass is 282 g/mol. The third kappa shape index (κ3) is 5.01. The van der Waals surface area contributed by atoms with Crippen molar-refractivity contribution in [3.63, 3.8) is 0 Å². The van der Waals surface area contributed by atoms with Crippen LogP contribution in [0.5, 0.6) is 5.75 Å². The Morgan fingerprint density at radius 2 is 2.26 bits per heavy atom. The molecule has 0 spiro atoms. The Bertz CT molecular complexity index is 475. The number of para-hydroxylation sites is 2. The number of anilines is 1. The van der Waals surface area contributed by atoms with Crippen molar-refractivity contribution in [3.8, 4) is 5.75 Å². The summed E-state index contributed by atoms with van der Waals surface area (Å²) in [4.78, 5) is 11.3. The smallest absolute Gasteiger partial charge is 0.370 e. The van der Waals surface area contributed by atoms with E-state index in [1.807, 2.05) is 6.07 Å². The van der Waals surface area contributed by atoms with Crippen LogP contribution in [-0.4, -0.2) is 24.4 Å². The second-order valence-electron chi connectivity index (χ2n) is 3.33. The fraction of sp³-hybridized carbons (Fsp3) is 0.231. The highest BCUT2D eigenvalue weighted by atomic mass is 35.5. The van der Waals surface area contributed by atoms with E-state index in [0.29, 0.717) is 18.0 Å². The van der Waals surface area contributed by atoms with Gasteiger partial charge in [-0.1, -0.05) is 36.4 Å². The van der Waals surface area contributed by atoms with Crippen LogP contribution >= 0.6 is 11.6 Å². The Kier molecular flexibility index (Phi) is 6.46. The number of nitrogens with zero attached hydrogens (tertiary/aromatic N) is 1. The van der Waals surface area contributed by atoms with Gasteiger partial charge in [-0.05, 0) is 19.1 Å². The molecule has 0 atom stereocenters. The van der Waals surface area contributed by atoms with Crippen LogP contribution < -0.4 is 10.2 Å². The van der Waals surface area contributed by atoms with Gasteiger partial charge < -0.3 is 9.47 Å². The minimum atomic E-state index is -0.679. The van der Waals surface area contributed by atoms with Crippen molar-refractivity contribution >= 4 is 28.4 Å². The van der Waals surface area contributed by atoms with Crippen LogP contribution in [0.4, 0.5) is 5.69 Å². The van der Waals surface area contributed by atoms with Gasteiger partial charge in [0.15, 0.2) is 0 Å². The normalized spacial score (nSPS) is 10.7. The Morgan fingerprint density at radius 3 is 2.95 bits per heavy atom. The van der Waals surface area contributed by atoms with Crippen LogP contribution in [0.25, 0.3) is 0 Å². The van der Waals surface area contributed by atoms with Crippen molar-refractivity contribution in [2.45, 2.75) is 6.92 Å². The second kappa shape index (κ2) is 8.16. The first kappa shape index (κ1) is 15.0. The van der Waals surface area contributed by atoms with E-state index in [2.05, 4.69) is 17.1 Å². The Hall–Kier alpha value is -2.01. The summed E-state index contributed by atoms with van der Waals surface area (Å²) >= 11 is 5.67. The van der Waals surface area contributed by atoms with Crippen LogP contribution in [0, 0.1) is 0 Å². The molecule has 19 heavy (non-hydrogen) atoms. The zero-order valence-corrected chi connectivity index (χ0v) is 11.3. The predicted molar refractivity (Wildman–Crippen MR) is 75.7 cm³/mol. The van der Waals surface area contributed by atoms with Gasteiger partial charge in [0.1, 0.15) is 12.4 Å². The third-order valence-electron chi connectivity index (χ3n) is 1.96. The molecule has 102 valence electrons. The lowest BCUT2D eigenvalue weighted by Gasteiger charge is -2.09. The first-order chi connectivity index (χ1) is 9.19. The molecule has 1 aromatic rings. The van der Waals surface area contributed by atoms with Crippen LogP contribution in [0.1, 0.15) is 6.92 Å². The number of ether oxygens (including phenoxy) is 2. The molecule has 0 aliphatic rings. The van der Waals surface area contributed by atoms with Gasteiger partial charge in [-0.3, -0.25) is 5.43 Å². The van der Waals surface area contributed by atoms with Gasteiger partial charge in [0.05, 0.1) is 12.3 Å². The summed E-state index contributed by atoms with van der Waals surface area (Å²) in [6.07, 6.45) is 1.63. The van der Waals surface area contributed by atoms with Gasteiger partial charge in [0, 0.05) is 0 Å². The lowest BCUT2D eigenvalue weighted by molar-refractivity contribution is -0.134. The van der Waals surface area contributed by atoms with Crippen molar-refractivity contribution in [1.29, 1.82) is 0 Å². The number of nitrogens with one attached hydrogen (secondary N) is 1. The zero-order chi connectivity index (χ0) is 14.1. The van der Waals surface area contributed by atoms with Crippen LogP contribution in [-0.2, 0) is 9.53 Å². The predicted octanol–water partition coefficient (Wildman–Crippen LogP) is 2.78. The van der Waals surface area contributed by atoms with E-state index in [1.54, 1.807) is 31.2 Å². The number of hydrogen-bond acceptors (Lipinski definition) is 5. The molecule has 1 N–H and O–H groups in total. The van der Waals surface area contributed by atoms with Crippen molar-refractivity contribution in [1.82, 2.24) is 0 Å². The summed E-state index contributed by atoms with van der Waals surface area (Å²) in [6.45, 7) is 5.87. The molecule has 0 saturated heterocycles. The van der Waals surface area contributed by atoms with E-state index in [-0.39, 0.29) is 11.8 Å². The molecule has 0 saturated carbocycles. The number of hydrogen-bond donors (Lipinski definition) is 1. The number of hydrazone groups is 1. The number of esters is 1. The minimum Gasteiger partial charge on any atom is -0.487 e. The Balaban J connectivity index is 2.73. The molecule has 1 rings (SSSR count). The highest BCUT2D eigenvalue weighted by Crippen LogP contribution is 2.23. The molecule has 0 aliphatic heterocycles. The molecule has 1 aromatic carbocycles. The number of halogens is 1. The molecule has 0 radical (unpaired) electrons. The molecule has 0 aliphatic carbocycles. The maximum Gasteiger partial charge on any atom is 0.370 e. The number of carbonyl (C=O) groups excluding carboxylic acids is 1. The molecule has 0 amide bonds. The lowest BCUT2D eigenvalue weighted by Crippen LogP contribution is -2.13. The summed E-state index contributed by atoms with van der Waals surface area (Å²) < 4.78 is 10.1. The topological polar surface area (TPSA) is 59.9 Å². The summed E-state index contributed by atoms with van der Waals surface area (Å²) in [5.41, 5.74) is 3.25. The van der Waals surface area contributed by atoms with Gasteiger partial charge in [0.25, 0.3) is 0 Å². The number of carbonyl (C=O) groups is 1. The zero-order valence-electron chi connectivity index (χ0n) is 10.6. The summed E-state index contributed by atoms with van der Waals surface area (Å²) in [5, 5.41) is 3.46. The molecule has 0 fully saturated rings. The van der Waals surface area contributed by atoms with Crippen LogP contribution in [0.15, 0.2) is 42.0 Å². The molecule has 0 bridgehead atoms. The summed E-state index contributed by atoms with van der Waals surface area (Å²) in [5.74, 6) is -0.0966. The number of rotatable bonds is 7. The fourth-order valence-corrected chi connectivity index (χ4v) is 1.28. The largest absolute Gasteiger partial charge is 0.487 e. The highest BCUT2D eigenvalue weighted by Gasteiger charge is 2.09. The Morgan fingerprint density at radius 1 is 1.53 bits per heavy atom. The second-order valence-corrected chi connectivity index (χ2v) is 3.69. The Labute approximate surface area is 116 Å². The van der Waals surface area contributed by atoms with E-state index >= 15 is 0 Å². The van der Waals surface area contributed by atoms with Gasteiger partial charge in [-0.2, -0.15) is 5.10 Å². The minimum absolute atomic E-state index is 0.240. The quantitative estimate of drug-likeness (QED) is 0.362. The average Bonchev–Trinajstić information content (AvgIpc) is 2.43. The van der Waals surface area contributed by atoms with Gasteiger partial charge >= 0.3 is 5.97 Å². The summed E-state index contributed by atoms with van der Waals surface area (Å²) in [7, 11) is 0. The lowest BCUT2D eigenvalue weighted by atomic mass is 10.3. The van der Waals surface area contributed by atoms with Crippen LogP contribution in [0.3, 0.4) is 0 Å². The van der Waals surface area contributed by atoms with Gasteiger partial charge in [0.2, 0.25) is 5.17 Å². The van der Waals surface area contributed by atoms with E-state index < -0.39 is 5.97 Å². The third-order valence-corrected chi connectivity index (χ3v) is 2.20. The maximum atomic E-state index is 11.3. The molecule has 0 aromatic heterocycles. The molecular formula is C13H15ClN2O3. The van der Waals surface area contributed by atoms with Gasteiger partial charge in [-0.15, -0.1) is 0 Å². The molecular weight excluding hydrogens is 268 g/mol. The highest BCUT2D eigenvalue weighted by molar-refractivity contribution is 6.82. The standard InChI is InChI=1S/C13H15ClN2O3/c1-3-9-19-11-8-6-5-7-10(11)15-16-12(14)13(17)18-4-2/h3,5-8,15H,1,4,9H2,2H3/b16-12-. The fourth-order valence-electron chi connectivity index (χ4n) is 1.18. The van der Waals surface area contributed by atoms with Crippen molar-refractivity contribution < 1.29 is 14.3 Å². The van der Waals surface area contributed by atoms with E-state index in [9.17, 15) is 4.79 Å². The van der Waals surface area contributed by atoms with E-state index in [1.165, 1.54) is 0 Å². The molecule has 0 unspecified atom stereocenters.